The van der Waals surface area contributed by atoms with Crippen molar-refractivity contribution in [1.29, 1.82) is 0 Å². The molecule has 18 heteroatoms. The number of amides is 2. The van der Waals surface area contributed by atoms with Crippen LogP contribution in [0.4, 0.5) is 35.9 Å². The fourth-order valence-electron chi connectivity index (χ4n) is 5.25. The molecule has 0 aliphatic carbocycles. The number of rotatable bonds is 2. The van der Waals surface area contributed by atoms with Crippen LogP contribution in [0.3, 0.4) is 0 Å². The van der Waals surface area contributed by atoms with Gasteiger partial charge in [-0.2, -0.15) is 26.3 Å². The van der Waals surface area contributed by atoms with Crippen LogP contribution in [-0.2, 0) is 31.1 Å². The van der Waals surface area contributed by atoms with E-state index in [0.717, 1.165) is 24.0 Å². The lowest BCUT2D eigenvalue weighted by Gasteiger charge is -2.32. The first-order valence-corrected chi connectivity index (χ1v) is 18.3. The third kappa shape index (κ3) is 13.4. The van der Waals surface area contributed by atoms with Gasteiger partial charge in [-0.05, 0) is 117 Å². The minimum absolute atomic E-state index is 0.0659. The molecule has 3 aliphatic heterocycles. The Morgan fingerprint density at radius 2 is 1.18 bits per heavy atom. The third-order valence-corrected chi connectivity index (χ3v) is 9.10. The first kappa shape index (κ1) is 46.6. The van der Waals surface area contributed by atoms with E-state index in [4.69, 9.17) is 30.4 Å². The fraction of sp³-hybridized carbons (Fsp3) is 0.579. The molecule has 0 bridgehead atoms. The predicted octanol–water partition coefficient (Wildman–Crippen LogP) is 10.1. The van der Waals surface area contributed by atoms with Gasteiger partial charge in [0.2, 0.25) is 0 Å². The minimum Gasteiger partial charge on any atom is -0.444 e. The molecule has 56 heavy (non-hydrogen) atoms. The van der Waals surface area contributed by atoms with Crippen LogP contribution in [0.1, 0.15) is 98.9 Å². The molecule has 0 atom stereocenters. The number of alkyl halides is 6. The van der Waals surface area contributed by atoms with Crippen LogP contribution in [0, 0.1) is 0 Å². The number of hydrogen-bond acceptors (Lipinski definition) is 8. The highest BCUT2D eigenvalue weighted by atomic mass is 35.5. The zero-order chi connectivity index (χ0) is 42.5. The van der Waals surface area contributed by atoms with Crippen molar-refractivity contribution in [2.45, 2.75) is 117 Å². The van der Waals surface area contributed by atoms with Gasteiger partial charge in [0.15, 0.2) is 0 Å². The number of carbonyl (C=O) groups is 2. The van der Waals surface area contributed by atoms with E-state index in [9.17, 15) is 35.9 Å². The molecule has 1 saturated heterocycles. The van der Waals surface area contributed by atoms with Crippen molar-refractivity contribution in [3.05, 3.63) is 76.3 Å². The molecule has 0 unspecified atom stereocenters. The highest BCUT2D eigenvalue weighted by molar-refractivity contribution is 6.54. The molecule has 0 N–H and O–H groups in total. The third-order valence-electron chi connectivity index (χ3n) is 8.79. The molecule has 0 aromatic carbocycles. The molecule has 5 heterocycles. The van der Waals surface area contributed by atoms with E-state index in [0.29, 0.717) is 31.6 Å². The Hall–Kier alpha value is -3.83. The Morgan fingerprint density at radius 1 is 0.732 bits per heavy atom. The van der Waals surface area contributed by atoms with Crippen molar-refractivity contribution >= 4 is 36.5 Å². The van der Waals surface area contributed by atoms with Crippen LogP contribution in [0.15, 0.2) is 54.3 Å². The van der Waals surface area contributed by atoms with Crippen LogP contribution < -0.4 is 0 Å². The predicted molar refractivity (Wildman–Crippen MR) is 200 cm³/mol. The van der Waals surface area contributed by atoms with E-state index in [1.807, 2.05) is 54.5 Å². The van der Waals surface area contributed by atoms with Gasteiger partial charge in [-0.1, -0.05) is 23.8 Å². The molecule has 0 radical (unpaired) electrons. The summed E-state index contributed by atoms with van der Waals surface area (Å²) < 4.78 is 97.7. The van der Waals surface area contributed by atoms with Crippen molar-refractivity contribution in [1.82, 2.24) is 19.8 Å². The fourth-order valence-corrected chi connectivity index (χ4v) is 5.48. The second-order valence-electron chi connectivity index (χ2n) is 16.2. The molecule has 0 saturated carbocycles. The molecular weight excluding hydrogens is 769 g/mol. The van der Waals surface area contributed by atoms with Gasteiger partial charge in [0.1, 0.15) is 16.4 Å². The Bertz CT molecular complexity index is 1740. The van der Waals surface area contributed by atoms with Gasteiger partial charge in [-0.25, -0.2) is 14.6 Å². The van der Waals surface area contributed by atoms with E-state index < -0.39 is 45.9 Å². The summed E-state index contributed by atoms with van der Waals surface area (Å²) in [7, 11) is -0.314. The number of carbonyl (C=O) groups excluding carboxylic acids is 2. The Morgan fingerprint density at radius 3 is 1.55 bits per heavy atom. The van der Waals surface area contributed by atoms with Crippen molar-refractivity contribution < 1.29 is 54.7 Å². The zero-order valence-corrected chi connectivity index (χ0v) is 34.1. The summed E-state index contributed by atoms with van der Waals surface area (Å²) in [5, 5.41) is -0.514. The molecular formula is C38H50BClF6N4O6. The maximum absolute atomic E-state index is 13.0. The number of pyridine rings is 2. The van der Waals surface area contributed by atoms with Crippen molar-refractivity contribution in [2.24, 2.45) is 0 Å². The highest BCUT2D eigenvalue weighted by Gasteiger charge is 2.52. The van der Waals surface area contributed by atoms with Crippen molar-refractivity contribution in [3.63, 3.8) is 0 Å². The molecule has 2 aromatic rings. The van der Waals surface area contributed by atoms with Gasteiger partial charge in [0.25, 0.3) is 0 Å². The number of nitrogens with zero attached hydrogens (tertiary/aromatic N) is 4. The number of ether oxygens (including phenoxy) is 2. The number of hydrogen-bond donors (Lipinski definition) is 0. The standard InChI is InChI=1S/C16H28BNO4.C16H19F3N2O2.C6H3ClF3N/c1-14(2,3)20-13(19)18-10-8-12(9-11-18)17-21-15(4,5)16(6,7)22-17;1-15(2,3)23-14(22)21-9-6-11(7-10-21)13-12(16(17,18)19)5-4-8-20-13;7-5-4(6(8,9)10)2-1-3-11-5/h8H,9-11H2,1-7H3;4-6,8H,7,9-10H2,1-3H3;1-3H. The van der Waals surface area contributed by atoms with E-state index in [2.05, 4.69) is 9.97 Å². The molecule has 2 aromatic heterocycles. The van der Waals surface area contributed by atoms with Gasteiger partial charge >= 0.3 is 31.7 Å². The maximum Gasteiger partial charge on any atom is 0.490 e. The quantitative estimate of drug-likeness (QED) is 0.168. The second-order valence-corrected chi connectivity index (χ2v) is 16.5. The second kappa shape index (κ2) is 17.8. The van der Waals surface area contributed by atoms with Crippen LogP contribution >= 0.6 is 11.6 Å². The van der Waals surface area contributed by atoms with Crippen LogP contribution in [-0.4, -0.2) is 87.7 Å². The average Bonchev–Trinajstić information content (AvgIpc) is 3.29. The zero-order valence-electron chi connectivity index (χ0n) is 33.3. The van der Waals surface area contributed by atoms with Gasteiger partial charge < -0.3 is 28.6 Å². The van der Waals surface area contributed by atoms with Crippen molar-refractivity contribution in [3.8, 4) is 0 Å². The molecule has 1 fully saturated rings. The summed E-state index contributed by atoms with van der Waals surface area (Å²) in [6, 6.07) is 4.36. The Labute approximate surface area is 329 Å². The molecule has 5 rings (SSSR count). The summed E-state index contributed by atoms with van der Waals surface area (Å²) >= 11 is 5.18. The van der Waals surface area contributed by atoms with Crippen LogP contribution in [0.25, 0.3) is 5.57 Å². The molecule has 0 spiro atoms. The minimum atomic E-state index is -4.45. The Balaban J connectivity index is 0.000000239. The monoisotopic (exact) mass is 818 g/mol. The van der Waals surface area contributed by atoms with Gasteiger partial charge in [-0.15, -0.1) is 0 Å². The SMILES string of the molecule is CC(C)(C)OC(=O)N1CC=C(B2OC(C)(C)C(C)(C)O2)CC1.CC(C)(C)OC(=O)N1CC=C(c2ncccc2C(F)(F)F)CC1.FC(F)(F)c1cccnc1Cl. The molecule has 310 valence electrons. The summed E-state index contributed by atoms with van der Waals surface area (Å²) in [4.78, 5) is 34.4. The highest BCUT2D eigenvalue weighted by Crippen LogP contribution is 2.40. The van der Waals surface area contributed by atoms with E-state index in [1.165, 1.54) is 29.4 Å². The van der Waals surface area contributed by atoms with Crippen LogP contribution in [0.5, 0.6) is 0 Å². The Kier molecular flexibility index (Phi) is 14.8. The maximum atomic E-state index is 13.0. The summed E-state index contributed by atoms with van der Waals surface area (Å²) in [6.07, 6.45) is -2.38. The van der Waals surface area contributed by atoms with Gasteiger partial charge in [0, 0.05) is 38.6 Å². The number of halogens is 7. The average molecular weight is 819 g/mol. The van der Waals surface area contributed by atoms with E-state index >= 15 is 0 Å². The summed E-state index contributed by atoms with van der Waals surface area (Å²) in [6.45, 7) is 20.8. The lowest BCUT2D eigenvalue weighted by Crippen LogP contribution is -2.41. The first-order chi connectivity index (χ1) is 25.5. The topological polar surface area (TPSA) is 103 Å². The molecule has 3 aliphatic rings. The van der Waals surface area contributed by atoms with Crippen molar-refractivity contribution in [2.75, 3.05) is 26.2 Å². The smallest absolute Gasteiger partial charge is 0.444 e. The van der Waals surface area contributed by atoms with Gasteiger partial charge in [-0.3, -0.25) is 4.98 Å². The number of aromatic nitrogens is 2. The molecule has 2 amide bonds. The van der Waals surface area contributed by atoms with Crippen LogP contribution in [0.2, 0.25) is 5.15 Å². The van der Waals surface area contributed by atoms with E-state index in [1.54, 1.807) is 31.7 Å². The largest absolute Gasteiger partial charge is 0.490 e. The lowest BCUT2D eigenvalue weighted by atomic mass is 9.75. The first-order valence-electron chi connectivity index (χ1n) is 17.9. The van der Waals surface area contributed by atoms with Gasteiger partial charge in [0.05, 0.1) is 28.0 Å². The summed E-state index contributed by atoms with van der Waals surface area (Å²) in [5.41, 5.74) is -1.85. The normalized spacial score (nSPS) is 18.4. The molecule has 10 nitrogen and oxygen atoms in total. The summed E-state index contributed by atoms with van der Waals surface area (Å²) in [5.74, 6) is 0. The lowest BCUT2D eigenvalue weighted by molar-refractivity contribution is -0.138. The van der Waals surface area contributed by atoms with E-state index in [-0.39, 0.29) is 36.7 Å².